The van der Waals surface area contributed by atoms with Crippen molar-refractivity contribution >= 4 is 5.91 Å². The van der Waals surface area contributed by atoms with Crippen LogP contribution < -0.4 is 10.6 Å². The van der Waals surface area contributed by atoms with E-state index in [0.717, 1.165) is 31.0 Å². The van der Waals surface area contributed by atoms with E-state index < -0.39 is 0 Å². The van der Waals surface area contributed by atoms with Crippen molar-refractivity contribution in [2.75, 3.05) is 0 Å². The SMILES string of the molecule is O=C(CCCC1CCCCC1)NC1CC(NCc2ccon2)C12CCC2. The minimum absolute atomic E-state index is 0.270. The van der Waals surface area contributed by atoms with Gasteiger partial charge in [0, 0.05) is 36.5 Å². The van der Waals surface area contributed by atoms with Crippen molar-refractivity contribution < 1.29 is 9.32 Å². The molecule has 0 bridgehead atoms. The van der Waals surface area contributed by atoms with Crippen LogP contribution in [-0.4, -0.2) is 23.1 Å². The van der Waals surface area contributed by atoms with Gasteiger partial charge in [0.2, 0.25) is 5.91 Å². The third kappa shape index (κ3) is 3.83. The Bertz CT molecular complexity index is 576. The van der Waals surface area contributed by atoms with Crippen molar-refractivity contribution in [3.8, 4) is 0 Å². The number of nitrogens with one attached hydrogen (secondary N) is 2. The Kier molecular flexibility index (Phi) is 5.63. The first-order chi connectivity index (χ1) is 12.8. The first kappa shape index (κ1) is 18.0. The minimum atomic E-state index is 0.270. The Morgan fingerprint density at radius 1 is 1.19 bits per heavy atom. The monoisotopic (exact) mass is 359 g/mol. The molecule has 3 saturated carbocycles. The molecule has 1 spiro atoms. The van der Waals surface area contributed by atoms with Crippen LogP contribution in [0.1, 0.15) is 82.7 Å². The van der Waals surface area contributed by atoms with E-state index in [1.165, 1.54) is 57.8 Å². The van der Waals surface area contributed by atoms with E-state index in [0.29, 0.717) is 23.9 Å². The molecule has 5 heteroatoms. The summed E-state index contributed by atoms with van der Waals surface area (Å²) in [6, 6.07) is 2.78. The molecular weight excluding hydrogens is 326 g/mol. The highest BCUT2D eigenvalue weighted by Crippen LogP contribution is 2.56. The van der Waals surface area contributed by atoms with Gasteiger partial charge in [-0.05, 0) is 38.0 Å². The molecule has 2 unspecified atom stereocenters. The molecule has 0 aliphatic heterocycles. The van der Waals surface area contributed by atoms with Crippen LogP contribution in [0.5, 0.6) is 0 Å². The molecule has 26 heavy (non-hydrogen) atoms. The zero-order valence-electron chi connectivity index (χ0n) is 15.8. The molecule has 144 valence electrons. The second kappa shape index (κ2) is 8.12. The van der Waals surface area contributed by atoms with Crippen LogP contribution in [0.4, 0.5) is 0 Å². The fourth-order valence-corrected chi connectivity index (χ4v) is 5.41. The summed E-state index contributed by atoms with van der Waals surface area (Å²) in [7, 11) is 0. The quantitative estimate of drug-likeness (QED) is 0.738. The lowest BCUT2D eigenvalue weighted by molar-refractivity contribution is -0.129. The fourth-order valence-electron chi connectivity index (χ4n) is 5.41. The first-order valence-electron chi connectivity index (χ1n) is 10.7. The molecule has 3 fully saturated rings. The molecule has 5 nitrogen and oxygen atoms in total. The third-order valence-electron chi connectivity index (χ3n) is 7.24. The topological polar surface area (TPSA) is 67.2 Å². The van der Waals surface area contributed by atoms with Crippen LogP contribution in [0.2, 0.25) is 0 Å². The van der Waals surface area contributed by atoms with Crippen molar-refractivity contribution in [1.82, 2.24) is 15.8 Å². The first-order valence-corrected chi connectivity index (χ1v) is 10.7. The molecule has 2 atom stereocenters. The van der Waals surface area contributed by atoms with E-state index in [1.807, 2.05) is 6.07 Å². The van der Waals surface area contributed by atoms with Crippen LogP contribution in [-0.2, 0) is 11.3 Å². The number of carbonyl (C=O) groups is 1. The van der Waals surface area contributed by atoms with E-state index in [1.54, 1.807) is 6.26 Å². The molecule has 1 amide bonds. The van der Waals surface area contributed by atoms with Gasteiger partial charge in [-0.25, -0.2) is 0 Å². The molecule has 2 N–H and O–H groups in total. The lowest BCUT2D eigenvalue weighted by Gasteiger charge is -2.62. The Morgan fingerprint density at radius 2 is 2.04 bits per heavy atom. The van der Waals surface area contributed by atoms with Gasteiger partial charge in [0.1, 0.15) is 6.26 Å². The van der Waals surface area contributed by atoms with Crippen molar-refractivity contribution in [3.05, 3.63) is 18.0 Å². The number of carbonyl (C=O) groups excluding carboxylic acids is 1. The Balaban J connectivity index is 1.18. The van der Waals surface area contributed by atoms with Gasteiger partial charge in [-0.15, -0.1) is 0 Å². The standard InChI is InChI=1S/C21H33N3O2/c25-20(9-4-8-16-6-2-1-3-7-16)23-19-14-18(21(19)11-5-12-21)22-15-17-10-13-26-24-17/h10,13,16,18-19,22H,1-9,11-12,14-15H2,(H,23,25). The Morgan fingerprint density at radius 3 is 2.73 bits per heavy atom. The molecular formula is C21H33N3O2. The Hall–Kier alpha value is -1.36. The average Bonchev–Trinajstić information content (AvgIpc) is 3.10. The fraction of sp³-hybridized carbons (Fsp3) is 0.810. The summed E-state index contributed by atoms with van der Waals surface area (Å²) >= 11 is 0. The highest BCUT2D eigenvalue weighted by atomic mass is 16.5. The van der Waals surface area contributed by atoms with Gasteiger partial charge in [0.25, 0.3) is 0 Å². The molecule has 4 rings (SSSR count). The van der Waals surface area contributed by atoms with E-state index in [4.69, 9.17) is 4.52 Å². The van der Waals surface area contributed by atoms with Gasteiger partial charge in [-0.1, -0.05) is 43.7 Å². The maximum absolute atomic E-state index is 12.4. The summed E-state index contributed by atoms with van der Waals surface area (Å²) in [5.41, 5.74) is 1.25. The maximum atomic E-state index is 12.4. The summed E-state index contributed by atoms with van der Waals surface area (Å²) in [6.45, 7) is 0.755. The zero-order chi connectivity index (χ0) is 17.8. The molecule has 3 aliphatic rings. The summed E-state index contributed by atoms with van der Waals surface area (Å²) in [5, 5.41) is 11.0. The lowest BCUT2D eigenvalue weighted by atomic mass is 9.49. The number of rotatable bonds is 8. The van der Waals surface area contributed by atoms with Gasteiger partial charge in [0.15, 0.2) is 0 Å². The summed E-state index contributed by atoms with van der Waals surface area (Å²) in [4.78, 5) is 12.4. The van der Waals surface area contributed by atoms with Gasteiger partial charge in [0.05, 0.1) is 5.69 Å². The number of amides is 1. The molecule has 3 aliphatic carbocycles. The molecule has 1 heterocycles. The van der Waals surface area contributed by atoms with Crippen molar-refractivity contribution in [2.45, 2.75) is 95.7 Å². The van der Waals surface area contributed by atoms with Crippen molar-refractivity contribution in [2.24, 2.45) is 11.3 Å². The number of nitrogens with zero attached hydrogens (tertiary/aromatic N) is 1. The lowest BCUT2D eigenvalue weighted by Crippen LogP contribution is -2.70. The highest BCUT2D eigenvalue weighted by Gasteiger charge is 2.58. The minimum Gasteiger partial charge on any atom is -0.364 e. The third-order valence-corrected chi connectivity index (χ3v) is 7.24. The maximum Gasteiger partial charge on any atom is 0.220 e. The molecule has 0 radical (unpaired) electrons. The average molecular weight is 360 g/mol. The molecule has 0 saturated heterocycles. The molecule has 1 aromatic heterocycles. The van der Waals surface area contributed by atoms with Crippen LogP contribution >= 0.6 is 0 Å². The van der Waals surface area contributed by atoms with Gasteiger partial charge in [-0.3, -0.25) is 4.79 Å². The summed E-state index contributed by atoms with van der Waals surface area (Å²) in [6.07, 6.45) is 16.4. The van der Waals surface area contributed by atoms with Crippen LogP contribution in [0.3, 0.4) is 0 Å². The van der Waals surface area contributed by atoms with Crippen molar-refractivity contribution in [3.63, 3.8) is 0 Å². The van der Waals surface area contributed by atoms with Crippen LogP contribution in [0, 0.1) is 11.3 Å². The number of hydrogen-bond acceptors (Lipinski definition) is 4. The second-order valence-electron chi connectivity index (χ2n) is 8.76. The summed E-state index contributed by atoms with van der Waals surface area (Å²) < 4.78 is 4.90. The largest absolute Gasteiger partial charge is 0.364 e. The van der Waals surface area contributed by atoms with Gasteiger partial charge in [-0.2, -0.15) is 0 Å². The predicted octanol–water partition coefficient (Wildman–Crippen LogP) is 3.94. The van der Waals surface area contributed by atoms with Crippen LogP contribution in [0.15, 0.2) is 16.9 Å². The van der Waals surface area contributed by atoms with Gasteiger partial charge < -0.3 is 15.2 Å². The van der Waals surface area contributed by atoms with E-state index in [2.05, 4.69) is 15.8 Å². The van der Waals surface area contributed by atoms with Crippen LogP contribution in [0.25, 0.3) is 0 Å². The van der Waals surface area contributed by atoms with Gasteiger partial charge >= 0.3 is 0 Å². The van der Waals surface area contributed by atoms with Crippen molar-refractivity contribution in [1.29, 1.82) is 0 Å². The smallest absolute Gasteiger partial charge is 0.220 e. The molecule has 1 aromatic rings. The molecule has 0 aromatic carbocycles. The highest BCUT2D eigenvalue weighted by molar-refractivity contribution is 5.76. The number of aromatic nitrogens is 1. The normalized spacial score (nSPS) is 27.7. The predicted molar refractivity (Wildman–Crippen MR) is 100 cm³/mol. The Labute approximate surface area is 156 Å². The van der Waals surface area contributed by atoms with E-state index in [-0.39, 0.29) is 5.91 Å². The summed E-state index contributed by atoms with van der Waals surface area (Å²) in [5.74, 6) is 1.15. The number of hydrogen-bond donors (Lipinski definition) is 2. The van der Waals surface area contributed by atoms with E-state index >= 15 is 0 Å². The van der Waals surface area contributed by atoms with E-state index in [9.17, 15) is 4.79 Å². The second-order valence-corrected chi connectivity index (χ2v) is 8.76. The zero-order valence-corrected chi connectivity index (χ0v) is 15.8.